The predicted molar refractivity (Wildman–Crippen MR) is 59.6 cm³/mol. The summed E-state index contributed by atoms with van der Waals surface area (Å²) in [6.07, 6.45) is 0. The second-order valence-electron chi connectivity index (χ2n) is 4.51. The van der Waals surface area contributed by atoms with Crippen molar-refractivity contribution < 1.29 is 0 Å². The minimum Gasteiger partial charge on any atom is -0.192 e. The van der Waals surface area contributed by atoms with E-state index in [2.05, 4.69) is 26.8 Å². The first-order valence-corrected chi connectivity index (χ1v) is 4.95. The van der Waals surface area contributed by atoms with Gasteiger partial charge in [0, 0.05) is 0 Å². The first kappa shape index (κ1) is 11.1. The van der Waals surface area contributed by atoms with Gasteiger partial charge in [0.15, 0.2) is 0 Å². The molecule has 1 rings (SSSR count). The van der Waals surface area contributed by atoms with Gasteiger partial charge in [-0.1, -0.05) is 32.4 Å². The largest absolute Gasteiger partial charge is 0.192 e. The Morgan fingerprint density at radius 3 is 2.29 bits per heavy atom. The zero-order valence-electron chi connectivity index (χ0n) is 8.98. The number of aryl methyl sites for hydroxylation is 1. The summed E-state index contributed by atoms with van der Waals surface area (Å²) in [5.74, 6) is 0. The second-order valence-corrected chi connectivity index (χ2v) is 4.92. The summed E-state index contributed by atoms with van der Waals surface area (Å²) < 4.78 is 0. The highest BCUT2D eigenvalue weighted by Gasteiger charge is 2.17. The van der Waals surface area contributed by atoms with Crippen molar-refractivity contribution >= 4 is 11.6 Å². The Kier molecular flexibility index (Phi) is 2.87. The summed E-state index contributed by atoms with van der Waals surface area (Å²) in [6.45, 7) is 8.42. The van der Waals surface area contributed by atoms with E-state index in [0.29, 0.717) is 10.6 Å². The molecule has 2 heteroatoms. The van der Waals surface area contributed by atoms with Gasteiger partial charge in [-0.15, -0.1) is 0 Å². The Labute approximate surface area is 90.3 Å². The van der Waals surface area contributed by atoms with Crippen molar-refractivity contribution in [1.29, 1.82) is 5.26 Å². The van der Waals surface area contributed by atoms with Crippen LogP contribution in [0.2, 0.25) is 5.02 Å². The summed E-state index contributed by atoms with van der Waals surface area (Å²) >= 11 is 5.99. The van der Waals surface area contributed by atoms with Crippen molar-refractivity contribution in [2.24, 2.45) is 0 Å². The molecule has 0 aliphatic carbocycles. The fraction of sp³-hybridized carbons (Fsp3) is 0.417. The molecule has 1 aromatic rings. The van der Waals surface area contributed by atoms with Crippen molar-refractivity contribution in [2.45, 2.75) is 33.1 Å². The molecule has 0 aliphatic rings. The number of nitrogens with zero attached hydrogens (tertiary/aromatic N) is 1. The lowest BCUT2D eigenvalue weighted by molar-refractivity contribution is 0.586. The van der Waals surface area contributed by atoms with E-state index < -0.39 is 0 Å². The Morgan fingerprint density at radius 2 is 1.86 bits per heavy atom. The van der Waals surface area contributed by atoms with Crippen LogP contribution in [-0.2, 0) is 5.41 Å². The quantitative estimate of drug-likeness (QED) is 0.635. The van der Waals surface area contributed by atoms with E-state index in [0.717, 1.165) is 5.56 Å². The standard InChI is InChI=1S/C12H14ClN/c1-8-5-9(7-14)11(13)6-10(8)12(2,3)4/h5-6H,1-4H3. The van der Waals surface area contributed by atoms with Gasteiger partial charge in [-0.2, -0.15) is 5.26 Å². The molecule has 0 atom stereocenters. The van der Waals surface area contributed by atoms with Crippen LogP contribution in [-0.4, -0.2) is 0 Å². The molecule has 0 aromatic heterocycles. The van der Waals surface area contributed by atoms with E-state index in [1.807, 2.05) is 19.1 Å². The number of nitriles is 1. The van der Waals surface area contributed by atoms with Gasteiger partial charge in [-0.05, 0) is 35.6 Å². The highest BCUT2D eigenvalue weighted by Crippen LogP contribution is 2.30. The molecule has 14 heavy (non-hydrogen) atoms. The monoisotopic (exact) mass is 207 g/mol. The molecule has 0 bridgehead atoms. The highest BCUT2D eigenvalue weighted by molar-refractivity contribution is 6.31. The highest BCUT2D eigenvalue weighted by atomic mass is 35.5. The lowest BCUT2D eigenvalue weighted by Gasteiger charge is -2.22. The van der Waals surface area contributed by atoms with E-state index in [4.69, 9.17) is 16.9 Å². The Morgan fingerprint density at radius 1 is 1.29 bits per heavy atom. The molecule has 1 nitrogen and oxygen atoms in total. The normalized spacial score (nSPS) is 11.1. The second kappa shape index (κ2) is 3.63. The molecule has 0 spiro atoms. The van der Waals surface area contributed by atoms with E-state index in [9.17, 15) is 0 Å². The first-order valence-electron chi connectivity index (χ1n) is 4.57. The maximum Gasteiger partial charge on any atom is 0.101 e. The maximum atomic E-state index is 8.80. The molecule has 0 amide bonds. The zero-order valence-corrected chi connectivity index (χ0v) is 9.74. The van der Waals surface area contributed by atoms with Gasteiger partial charge in [0.05, 0.1) is 10.6 Å². The zero-order chi connectivity index (χ0) is 10.9. The molecule has 74 valence electrons. The van der Waals surface area contributed by atoms with Gasteiger partial charge in [0.1, 0.15) is 6.07 Å². The fourth-order valence-corrected chi connectivity index (χ4v) is 1.78. The van der Waals surface area contributed by atoms with Gasteiger partial charge < -0.3 is 0 Å². The molecule has 0 fully saturated rings. The van der Waals surface area contributed by atoms with E-state index >= 15 is 0 Å². The van der Waals surface area contributed by atoms with Crippen molar-refractivity contribution in [3.8, 4) is 6.07 Å². The molecule has 0 heterocycles. The molecular formula is C12H14ClN. The summed E-state index contributed by atoms with van der Waals surface area (Å²) in [7, 11) is 0. The van der Waals surface area contributed by atoms with Crippen LogP contribution >= 0.6 is 11.6 Å². The maximum absolute atomic E-state index is 8.80. The van der Waals surface area contributed by atoms with E-state index in [-0.39, 0.29) is 5.41 Å². The summed E-state index contributed by atoms with van der Waals surface area (Å²) in [5.41, 5.74) is 2.94. The molecule has 0 unspecified atom stereocenters. The Hall–Kier alpha value is -1.000. The Balaban J connectivity index is 3.38. The van der Waals surface area contributed by atoms with Gasteiger partial charge in [0.2, 0.25) is 0 Å². The molecule has 0 aliphatic heterocycles. The van der Waals surface area contributed by atoms with Crippen LogP contribution < -0.4 is 0 Å². The molecular weight excluding hydrogens is 194 g/mol. The van der Waals surface area contributed by atoms with Crippen LogP contribution in [0.4, 0.5) is 0 Å². The average molecular weight is 208 g/mol. The van der Waals surface area contributed by atoms with Crippen molar-refractivity contribution in [2.75, 3.05) is 0 Å². The smallest absolute Gasteiger partial charge is 0.101 e. The van der Waals surface area contributed by atoms with Crippen molar-refractivity contribution in [1.82, 2.24) is 0 Å². The SMILES string of the molecule is Cc1cc(C#N)c(Cl)cc1C(C)(C)C. The van der Waals surface area contributed by atoms with Crippen LogP contribution in [0.15, 0.2) is 12.1 Å². The first-order chi connectivity index (χ1) is 6.36. The lowest BCUT2D eigenvalue weighted by atomic mass is 9.83. The third kappa shape index (κ3) is 2.08. The molecule has 0 radical (unpaired) electrons. The number of hydrogen-bond donors (Lipinski definition) is 0. The van der Waals surface area contributed by atoms with E-state index in [1.54, 1.807) is 0 Å². The van der Waals surface area contributed by atoms with Crippen LogP contribution in [0.3, 0.4) is 0 Å². The number of hydrogen-bond acceptors (Lipinski definition) is 1. The van der Waals surface area contributed by atoms with Crippen LogP contribution in [0.1, 0.15) is 37.5 Å². The van der Waals surface area contributed by atoms with Gasteiger partial charge >= 0.3 is 0 Å². The number of benzene rings is 1. The topological polar surface area (TPSA) is 23.8 Å². The fourth-order valence-electron chi connectivity index (χ4n) is 1.58. The Bertz CT molecular complexity index is 394. The minimum absolute atomic E-state index is 0.0711. The number of halogens is 1. The third-order valence-electron chi connectivity index (χ3n) is 2.24. The molecule has 0 saturated heterocycles. The molecule has 0 saturated carbocycles. The van der Waals surface area contributed by atoms with E-state index in [1.165, 1.54) is 5.56 Å². The third-order valence-corrected chi connectivity index (χ3v) is 2.56. The minimum atomic E-state index is 0.0711. The average Bonchev–Trinajstić information content (AvgIpc) is 2.06. The van der Waals surface area contributed by atoms with Gasteiger partial charge in [-0.25, -0.2) is 0 Å². The van der Waals surface area contributed by atoms with Crippen molar-refractivity contribution in [3.05, 3.63) is 33.8 Å². The molecule has 1 aromatic carbocycles. The summed E-state index contributed by atoms with van der Waals surface area (Å²) in [6, 6.07) is 5.83. The van der Waals surface area contributed by atoms with Crippen LogP contribution in [0.25, 0.3) is 0 Å². The van der Waals surface area contributed by atoms with Crippen LogP contribution in [0, 0.1) is 18.3 Å². The van der Waals surface area contributed by atoms with Gasteiger partial charge in [-0.3, -0.25) is 0 Å². The number of rotatable bonds is 0. The summed E-state index contributed by atoms with van der Waals surface area (Å²) in [4.78, 5) is 0. The summed E-state index contributed by atoms with van der Waals surface area (Å²) in [5, 5.41) is 9.35. The van der Waals surface area contributed by atoms with Gasteiger partial charge in [0.25, 0.3) is 0 Å². The van der Waals surface area contributed by atoms with Crippen LogP contribution in [0.5, 0.6) is 0 Å². The van der Waals surface area contributed by atoms with Crippen molar-refractivity contribution in [3.63, 3.8) is 0 Å². The lowest BCUT2D eigenvalue weighted by Crippen LogP contribution is -2.13. The predicted octanol–water partition coefficient (Wildman–Crippen LogP) is 3.82. The molecule has 0 N–H and O–H groups in total.